The van der Waals surface area contributed by atoms with Crippen molar-refractivity contribution in [3.63, 3.8) is 0 Å². The van der Waals surface area contributed by atoms with E-state index in [2.05, 4.69) is 5.32 Å². The Hall–Kier alpha value is -1.67. The van der Waals surface area contributed by atoms with E-state index < -0.39 is 0 Å². The van der Waals surface area contributed by atoms with Gasteiger partial charge in [0.1, 0.15) is 0 Å². The van der Waals surface area contributed by atoms with Crippen LogP contribution < -0.4 is 5.32 Å². The highest BCUT2D eigenvalue weighted by atomic mass is 16.1. The van der Waals surface area contributed by atoms with Gasteiger partial charge in [-0.05, 0) is 23.4 Å². The second kappa shape index (κ2) is 2.91. The number of rotatable bonds is 1. The van der Waals surface area contributed by atoms with Crippen LogP contribution in [0.15, 0.2) is 36.4 Å². The number of hydrogen-bond donors (Lipinski definition) is 1. The Morgan fingerprint density at radius 2 is 1.87 bits per heavy atom. The third-order valence-electron chi connectivity index (χ3n) is 3.06. The van der Waals surface area contributed by atoms with Crippen molar-refractivity contribution in [3.05, 3.63) is 47.5 Å². The van der Waals surface area contributed by atoms with E-state index in [1.54, 1.807) is 0 Å². The van der Waals surface area contributed by atoms with Crippen LogP contribution in [0.3, 0.4) is 0 Å². The maximum Gasteiger partial charge on any atom is 0.184 e. The van der Waals surface area contributed by atoms with Gasteiger partial charge in [-0.15, -0.1) is 0 Å². The summed E-state index contributed by atoms with van der Waals surface area (Å²) in [6.07, 6.45) is 0. The van der Waals surface area contributed by atoms with Crippen molar-refractivity contribution in [1.82, 2.24) is 5.32 Å². The first-order valence-electron chi connectivity index (χ1n) is 5.06. The predicted octanol–water partition coefficient (Wildman–Crippen LogP) is 2.30. The highest BCUT2D eigenvalue weighted by Crippen LogP contribution is 2.36. The molecule has 0 aromatic heterocycles. The lowest BCUT2D eigenvalue weighted by Gasteiger charge is -2.07. The third kappa shape index (κ3) is 0.997. The van der Waals surface area contributed by atoms with Gasteiger partial charge in [0.15, 0.2) is 5.78 Å². The minimum Gasteiger partial charge on any atom is -0.307 e. The van der Waals surface area contributed by atoms with Crippen molar-refractivity contribution in [3.8, 4) is 0 Å². The second-order valence-electron chi connectivity index (χ2n) is 3.84. The summed E-state index contributed by atoms with van der Waals surface area (Å²) in [6.45, 7) is 0. The van der Waals surface area contributed by atoms with Gasteiger partial charge >= 0.3 is 0 Å². The normalized spacial score (nSPS) is 18.7. The Balaban J connectivity index is 2.45. The van der Waals surface area contributed by atoms with E-state index in [1.807, 2.05) is 43.4 Å². The van der Waals surface area contributed by atoms with Crippen LogP contribution in [-0.2, 0) is 0 Å². The van der Waals surface area contributed by atoms with Gasteiger partial charge in [0.05, 0.1) is 6.04 Å². The van der Waals surface area contributed by atoms with Crippen LogP contribution in [0.5, 0.6) is 0 Å². The highest BCUT2D eigenvalue weighted by Gasteiger charge is 2.30. The molecule has 0 saturated heterocycles. The SMILES string of the molecule is CNC1C(=O)c2cccc3cccc1c23. The molecule has 2 nitrogen and oxygen atoms in total. The van der Waals surface area contributed by atoms with Crippen LogP contribution in [0.2, 0.25) is 0 Å². The number of hydrogen-bond acceptors (Lipinski definition) is 2. The molecule has 0 bridgehead atoms. The van der Waals surface area contributed by atoms with E-state index >= 15 is 0 Å². The van der Waals surface area contributed by atoms with Gasteiger partial charge in [0.2, 0.25) is 0 Å². The topological polar surface area (TPSA) is 29.1 Å². The number of likely N-dealkylation sites (N-methyl/N-ethyl adjacent to an activating group) is 1. The first-order chi connectivity index (χ1) is 7.33. The summed E-state index contributed by atoms with van der Waals surface area (Å²) < 4.78 is 0. The number of carbonyl (C=O) groups is 1. The Bertz CT molecular complexity index is 554. The lowest BCUT2D eigenvalue weighted by molar-refractivity contribution is 0.0956. The van der Waals surface area contributed by atoms with Gasteiger partial charge < -0.3 is 5.32 Å². The number of benzene rings is 2. The first kappa shape index (κ1) is 8.62. The Kier molecular flexibility index (Phi) is 1.67. The van der Waals surface area contributed by atoms with Gasteiger partial charge in [0, 0.05) is 5.56 Å². The fourth-order valence-corrected chi connectivity index (χ4v) is 2.40. The van der Waals surface area contributed by atoms with Crippen LogP contribution in [0.25, 0.3) is 10.8 Å². The van der Waals surface area contributed by atoms with E-state index in [4.69, 9.17) is 0 Å². The molecule has 2 aromatic rings. The Morgan fingerprint density at radius 3 is 2.60 bits per heavy atom. The third-order valence-corrected chi connectivity index (χ3v) is 3.06. The first-order valence-corrected chi connectivity index (χ1v) is 5.06. The molecule has 1 aliphatic rings. The van der Waals surface area contributed by atoms with Crippen LogP contribution in [0.1, 0.15) is 22.0 Å². The van der Waals surface area contributed by atoms with E-state index in [9.17, 15) is 4.79 Å². The fourth-order valence-electron chi connectivity index (χ4n) is 2.40. The molecule has 0 amide bonds. The summed E-state index contributed by atoms with van der Waals surface area (Å²) in [7, 11) is 1.83. The average Bonchev–Trinajstić information content (AvgIpc) is 2.55. The molecule has 15 heavy (non-hydrogen) atoms. The number of Topliss-reactive ketones (excluding diaryl/α,β-unsaturated/α-hetero) is 1. The summed E-state index contributed by atoms with van der Waals surface area (Å²) in [4.78, 5) is 12.0. The van der Waals surface area contributed by atoms with Gasteiger partial charge in [-0.1, -0.05) is 36.4 Å². The van der Waals surface area contributed by atoms with Crippen LogP contribution in [0, 0.1) is 0 Å². The predicted molar refractivity (Wildman–Crippen MR) is 60.1 cm³/mol. The van der Waals surface area contributed by atoms with Crippen molar-refractivity contribution < 1.29 is 4.79 Å². The van der Waals surface area contributed by atoms with Crippen molar-refractivity contribution in [2.45, 2.75) is 6.04 Å². The lowest BCUT2D eigenvalue weighted by atomic mass is 10.0. The molecule has 0 saturated carbocycles. The quantitative estimate of drug-likeness (QED) is 0.760. The molecule has 1 N–H and O–H groups in total. The highest BCUT2D eigenvalue weighted by molar-refractivity contribution is 6.17. The second-order valence-corrected chi connectivity index (χ2v) is 3.84. The molecule has 0 heterocycles. The minimum atomic E-state index is -0.161. The zero-order valence-electron chi connectivity index (χ0n) is 8.45. The minimum absolute atomic E-state index is 0.161. The summed E-state index contributed by atoms with van der Waals surface area (Å²) in [5.74, 6) is 0.185. The summed E-state index contributed by atoms with van der Waals surface area (Å²) >= 11 is 0. The van der Waals surface area contributed by atoms with Crippen LogP contribution in [-0.4, -0.2) is 12.8 Å². The van der Waals surface area contributed by atoms with E-state index in [-0.39, 0.29) is 11.8 Å². The number of ketones is 1. The Labute approximate surface area is 87.9 Å². The fraction of sp³-hybridized carbons (Fsp3) is 0.154. The molecule has 1 atom stereocenters. The number of nitrogens with one attached hydrogen (secondary N) is 1. The molecule has 0 radical (unpaired) electrons. The van der Waals surface area contributed by atoms with E-state index in [1.165, 1.54) is 0 Å². The van der Waals surface area contributed by atoms with Gasteiger partial charge in [0.25, 0.3) is 0 Å². The maximum absolute atomic E-state index is 12.0. The summed E-state index contributed by atoms with van der Waals surface area (Å²) in [6, 6.07) is 11.8. The molecular weight excluding hydrogens is 186 g/mol. The monoisotopic (exact) mass is 197 g/mol. The van der Waals surface area contributed by atoms with Crippen molar-refractivity contribution in [1.29, 1.82) is 0 Å². The molecule has 74 valence electrons. The maximum atomic E-state index is 12.0. The average molecular weight is 197 g/mol. The molecule has 0 fully saturated rings. The molecule has 3 rings (SSSR count). The van der Waals surface area contributed by atoms with Gasteiger partial charge in [-0.3, -0.25) is 4.79 Å². The molecule has 2 aromatic carbocycles. The van der Waals surface area contributed by atoms with Crippen molar-refractivity contribution in [2.75, 3.05) is 7.05 Å². The van der Waals surface area contributed by atoms with Crippen LogP contribution in [0.4, 0.5) is 0 Å². The largest absolute Gasteiger partial charge is 0.307 e. The van der Waals surface area contributed by atoms with Gasteiger partial charge in [-0.2, -0.15) is 0 Å². The molecule has 0 aliphatic heterocycles. The summed E-state index contributed by atoms with van der Waals surface area (Å²) in [5, 5.41) is 5.34. The van der Waals surface area contributed by atoms with E-state index in [0.29, 0.717) is 0 Å². The molecule has 1 aliphatic carbocycles. The summed E-state index contributed by atoms with van der Waals surface area (Å²) in [5.41, 5.74) is 1.96. The molecule has 1 unspecified atom stereocenters. The lowest BCUT2D eigenvalue weighted by Crippen LogP contribution is -2.21. The molecular formula is C13H11NO. The van der Waals surface area contributed by atoms with Crippen LogP contribution >= 0.6 is 0 Å². The zero-order valence-corrected chi connectivity index (χ0v) is 8.45. The van der Waals surface area contributed by atoms with Crippen molar-refractivity contribution in [2.24, 2.45) is 0 Å². The molecule has 2 heteroatoms. The van der Waals surface area contributed by atoms with Crippen molar-refractivity contribution >= 4 is 16.6 Å². The smallest absolute Gasteiger partial charge is 0.184 e. The Morgan fingerprint density at radius 1 is 1.13 bits per heavy atom. The van der Waals surface area contributed by atoms with E-state index in [0.717, 1.165) is 21.9 Å². The number of carbonyl (C=O) groups excluding carboxylic acids is 1. The van der Waals surface area contributed by atoms with Gasteiger partial charge in [-0.25, -0.2) is 0 Å². The molecule has 0 spiro atoms. The standard InChI is InChI=1S/C13H11NO/c1-14-12-9-6-2-4-8-5-3-7-10(11(8)9)13(12)15/h2-7,12,14H,1H3. The zero-order chi connectivity index (χ0) is 10.4.